The third-order valence-corrected chi connectivity index (χ3v) is 22.5. The first kappa shape index (κ1) is 149. The Kier molecular flexibility index (Phi) is 75.4. The summed E-state index contributed by atoms with van der Waals surface area (Å²) in [5.41, 5.74) is 2.24. The molecule has 0 saturated carbocycles. The molecule has 7 N–H and O–H groups in total. The van der Waals surface area contributed by atoms with E-state index in [2.05, 4.69) is 201 Å². The minimum Gasteiger partial charge on any atom is -0.395 e. The number of nitrogens with one attached hydrogen (secondary N) is 6. The molecule has 0 aromatic carbocycles. The molecule has 30 heteroatoms. The van der Waals surface area contributed by atoms with E-state index in [1.807, 2.05) is 171 Å². The predicted molar refractivity (Wildman–Crippen MR) is 581 cm³/mol. The summed E-state index contributed by atoms with van der Waals surface area (Å²) in [5, 5.41) is 20.6. The molecule has 2 aliphatic carbocycles. The number of β-amino-alcohol motifs (C(OH)–C–C–N with tert-alkyl or cyclic N) is 1. The molecule has 3 rings (SSSR count). The van der Waals surface area contributed by atoms with E-state index in [1.54, 1.807) is 52.5 Å². The highest BCUT2D eigenvalue weighted by atomic mass is 32.2. The van der Waals surface area contributed by atoms with Crippen molar-refractivity contribution in [2.24, 2.45) is 43.3 Å². The lowest BCUT2D eigenvalue weighted by molar-refractivity contribution is -0.131. The summed E-state index contributed by atoms with van der Waals surface area (Å²) in [6, 6.07) is 1.97. The van der Waals surface area contributed by atoms with Gasteiger partial charge in [-0.05, 0) is 230 Å². The molecular formula is C107H197N9O17S4. The molecule has 4 amide bonds. The number of ketones is 4. The first-order valence-corrected chi connectivity index (χ1v) is 52.8. The Labute approximate surface area is 837 Å². The van der Waals surface area contributed by atoms with Gasteiger partial charge in [0.05, 0.1) is 11.4 Å². The van der Waals surface area contributed by atoms with Gasteiger partial charge in [0.1, 0.15) is 5.82 Å². The molecular weight excluding hydrogens is 1810 g/mol. The molecule has 1 aromatic heterocycles. The summed E-state index contributed by atoms with van der Waals surface area (Å²) in [7, 11) is -12.8. The average Bonchev–Trinajstić information content (AvgIpc) is 1.78. The van der Waals surface area contributed by atoms with Crippen LogP contribution in [0.1, 0.15) is 359 Å². The van der Waals surface area contributed by atoms with Gasteiger partial charge in [-0.25, -0.2) is 57.8 Å². The van der Waals surface area contributed by atoms with Crippen molar-refractivity contribution >= 4 is 86.7 Å². The molecule has 0 radical (unpaired) electrons. The number of aromatic nitrogens is 2. The summed E-state index contributed by atoms with van der Waals surface area (Å²) in [5.74, 6) is 1.36. The Hall–Kier alpha value is -7.84. The number of aryl methyl sites for hydroxylation is 1. The van der Waals surface area contributed by atoms with E-state index in [-0.39, 0.29) is 102 Å². The second kappa shape index (κ2) is 69.1. The van der Waals surface area contributed by atoms with Crippen molar-refractivity contribution in [3.8, 4) is 0 Å². The van der Waals surface area contributed by atoms with Crippen molar-refractivity contribution in [1.29, 1.82) is 0 Å². The second-order valence-corrected chi connectivity index (χ2v) is 54.0. The molecule has 1 heterocycles. The van der Waals surface area contributed by atoms with Crippen molar-refractivity contribution < 1.29 is 77.1 Å². The zero-order chi connectivity index (χ0) is 111. The summed E-state index contributed by atoms with van der Waals surface area (Å²) in [6.07, 6.45) is 27.8. The normalized spacial score (nSPS) is 13.0. The first-order chi connectivity index (χ1) is 60.9. The Morgan fingerprint density at radius 1 is 0.445 bits per heavy atom. The molecule has 0 unspecified atom stereocenters. The highest BCUT2D eigenvalue weighted by molar-refractivity contribution is 7.95. The van der Waals surface area contributed by atoms with Gasteiger partial charge in [0.15, 0.2) is 33.0 Å². The number of hydrogen-bond donors (Lipinski definition) is 7. The minimum atomic E-state index is -3.26. The van der Waals surface area contributed by atoms with Crippen molar-refractivity contribution in [3.05, 3.63) is 170 Å². The molecule has 0 fully saturated rings. The molecule has 26 nitrogen and oxygen atoms in total. The zero-order valence-electron chi connectivity index (χ0n) is 93.5. The maximum atomic E-state index is 11.8. The van der Waals surface area contributed by atoms with Crippen LogP contribution < -0.4 is 30.1 Å². The van der Waals surface area contributed by atoms with Gasteiger partial charge in [0.2, 0.25) is 53.7 Å². The molecule has 0 aliphatic heterocycles. The largest absolute Gasteiger partial charge is 0.395 e. The third-order valence-electron chi connectivity index (χ3n) is 17.0. The van der Waals surface area contributed by atoms with E-state index in [1.165, 1.54) is 43.2 Å². The number of Topliss-reactive ketones (excluding diaryl/α,β-unsaturated/α-hetero) is 2. The van der Waals surface area contributed by atoms with Crippen LogP contribution in [0.4, 0.5) is 0 Å². The van der Waals surface area contributed by atoms with Gasteiger partial charge in [-0.2, -0.15) is 0 Å². The highest BCUT2D eigenvalue weighted by Gasteiger charge is 2.29. The predicted octanol–water partition coefficient (Wildman–Crippen LogP) is 22.4. The number of hydrogen-bond acceptors (Lipinski definition) is 19. The van der Waals surface area contributed by atoms with Gasteiger partial charge in [0.25, 0.3) is 0 Å². The number of rotatable bonds is 25. The fraction of sp³-hybridized carbons (Fsp3) is 0.664. The van der Waals surface area contributed by atoms with Crippen molar-refractivity contribution in [1.82, 2.24) is 45.0 Å². The quantitative estimate of drug-likeness (QED) is 0.0447. The maximum absolute atomic E-state index is 11.8. The van der Waals surface area contributed by atoms with Crippen LogP contribution in [-0.2, 0) is 83.7 Å². The fourth-order valence-electron chi connectivity index (χ4n) is 8.86. The van der Waals surface area contributed by atoms with E-state index >= 15 is 0 Å². The second-order valence-electron chi connectivity index (χ2n) is 46.3. The van der Waals surface area contributed by atoms with Crippen molar-refractivity contribution in [2.45, 2.75) is 381 Å². The first-order valence-electron chi connectivity index (χ1n) is 46.6. The molecule has 0 bridgehead atoms. The fourth-order valence-corrected chi connectivity index (χ4v) is 11.6. The number of carbonyl (C=O) groups excluding carboxylic acids is 8. The van der Waals surface area contributed by atoms with Crippen LogP contribution in [0.3, 0.4) is 0 Å². The van der Waals surface area contributed by atoms with Crippen LogP contribution in [0.2, 0.25) is 0 Å². The van der Waals surface area contributed by atoms with E-state index < -0.39 is 50.2 Å². The number of sulfone groups is 1. The third kappa shape index (κ3) is 99.5. The molecule has 2 aliphatic rings. The Morgan fingerprint density at radius 3 is 1.08 bits per heavy atom. The van der Waals surface area contributed by atoms with Crippen LogP contribution in [-0.4, -0.2) is 161 Å². The summed E-state index contributed by atoms with van der Waals surface area (Å²) in [6.45, 7) is 113. The number of allylic oxidation sites excluding steroid dienone is 7. The molecule has 0 atom stereocenters. The van der Waals surface area contributed by atoms with Gasteiger partial charge >= 0.3 is 0 Å². The van der Waals surface area contributed by atoms with Crippen molar-refractivity contribution in [3.63, 3.8) is 0 Å². The van der Waals surface area contributed by atoms with Gasteiger partial charge < -0.3 is 26.0 Å². The number of aliphatic hydroxyl groups excluding tert-OH is 1. The zero-order valence-corrected chi connectivity index (χ0v) is 96.8. The van der Waals surface area contributed by atoms with E-state index in [0.29, 0.717) is 37.7 Å². The van der Waals surface area contributed by atoms with Crippen LogP contribution in [0.15, 0.2) is 159 Å². The topological polar surface area (TPSA) is 395 Å². The molecule has 796 valence electrons. The van der Waals surface area contributed by atoms with Crippen LogP contribution in [0, 0.1) is 50.2 Å². The smallest absolute Gasteiger partial charge is 0.246 e. The number of carbonyl (C=O) groups is 8. The van der Waals surface area contributed by atoms with Gasteiger partial charge in [-0.3, -0.25) is 38.4 Å². The number of aliphatic hydroxyl groups is 1. The van der Waals surface area contributed by atoms with Crippen LogP contribution in [0.5, 0.6) is 0 Å². The highest BCUT2D eigenvalue weighted by Crippen LogP contribution is 2.29. The molecule has 137 heavy (non-hydrogen) atoms. The number of nitrogens with zero attached hydrogens (tertiary/aromatic N) is 3. The lowest BCUT2D eigenvalue weighted by Crippen LogP contribution is -2.46. The van der Waals surface area contributed by atoms with E-state index in [0.717, 1.165) is 109 Å². The standard InChI is InChI=1S/C11H18O.C10H16O.C10H18O.C9H14N2.C9H17NO2.C9H17NO.C8H17NO2S.C8H15NO.C7H15NO2S.C7H13NO.C7H12O.C6H13NO2S.C6H12O2S/c1-11(2,3)10(12)9-7-5-4-6-8-9;1-10(2,3)9(11)8-6-4-5-7-8;1-5-6-7-8-9(11)10(2,3)4;1-7-10-6-5-8(11-7)9(2,3)4;1-5-8(12)10(6-7-11)9(2,3)4;1-5-8(11)10-7-6-9(2,3)4;1-5-12(10,11)9-7-6-8(2,3)4;1-5-7(10)9-6-8(2,3)4;1-5-11(9,10)8-6-7(2,3)4;1-5-6(9)8-7(2,3)4;1-5-6(8)7(2,3)4;1-5-10(8,9)7-6(2,3)4;1-5-9(7,8)6(2,3)4/h7H,4-6,8H2,1-3H3;6H,4-5,7H2,1-3H3;7-8H,5-6H2,1-4H3;5-6H,1-4H3;5,11H,1,6-7H2,2-4H3;5H,1,6-7H2,2-4H3,(H,10,11);5,9H,1,6-7H2,2-4H3;5H,1,6H2,2-4H3,(H,9,10);5,8H,1,6H2,2-4H3;5H,1H2,2-4H3,(H,8,9);5H,1H2,2-4H3;5,7H,1H2,2-4H3;5H,1H2,2-4H3/b;;8-7+;;;;;;;;;;. The van der Waals surface area contributed by atoms with E-state index in [4.69, 9.17) is 5.11 Å². The Bertz CT molecular complexity index is 4420. The van der Waals surface area contributed by atoms with Gasteiger partial charge in [0, 0.05) is 110 Å². The molecule has 0 saturated heterocycles. The minimum absolute atomic E-state index is 0.0170. The Balaban J connectivity index is -0.000000160. The lowest BCUT2D eigenvalue weighted by Gasteiger charge is -2.34. The molecule has 1 aromatic rings. The van der Waals surface area contributed by atoms with Crippen LogP contribution >= 0.6 is 0 Å². The monoisotopic (exact) mass is 2010 g/mol. The van der Waals surface area contributed by atoms with Crippen LogP contribution in [0.25, 0.3) is 0 Å². The van der Waals surface area contributed by atoms with E-state index in [9.17, 15) is 72.0 Å². The molecule has 0 spiro atoms. The average molecular weight is 2010 g/mol. The van der Waals surface area contributed by atoms with Crippen molar-refractivity contribution in [2.75, 3.05) is 39.3 Å². The number of unbranched alkanes of at least 4 members (excludes halogenated alkanes) is 1. The number of sulfonamides is 3. The lowest BCUT2D eigenvalue weighted by atomic mass is 9.82. The Morgan fingerprint density at radius 2 is 0.839 bits per heavy atom. The van der Waals surface area contributed by atoms with Gasteiger partial charge in [-0.15, -0.1) is 0 Å². The summed E-state index contributed by atoms with van der Waals surface area (Å²) in [4.78, 5) is 98.4. The maximum Gasteiger partial charge on any atom is 0.246 e. The SMILES string of the molecule is C=CC(=O)C(C)(C)C.C=CC(=O)N(CCO)C(C)(C)C.C=CC(=O)NC(C)(C)C.C=CC(=O)NCC(C)(C)C.C=CC(=O)NCCC(C)(C)C.C=CS(=O)(=O)C(C)(C)C.C=CS(=O)(=O)NC(C)(C)C.C=CS(=O)(=O)NCC(C)(C)C.C=CS(=O)(=O)NCCC(C)(C)C.CC(C)(C)C(=O)C1=CCCC1.CC(C)(C)C(=O)C1=CCCCC1.CCC/C=C/C(=O)C(C)(C)C.Cc1nccc(C(C)(C)C)n1. The summed E-state index contributed by atoms with van der Waals surface area (Å²) < 4.78 is 93.2. The summed E-state index contributed by atoms with van der Waals surface area (Å²) >= 11 is 0. The van der Waals surface area contributed by atoms with Gasteiger partial charge in [-0.1, -0.05) is 278 Å². The number of amides is 4.